The fourth-order valence-corrected chi connectivity index (χ4v) is 2.50. The van der Waals surface area contributed by atoms with E-state index in [0.717, 1.165) is 0 Å². The Hall–Kier alpha value is -2.14. The Kier molecular flexibility index (Phi) is 5.33. The number of hydrogen-bond acceptors (Lipinski definition) is 3. The molecule has 114 valence electrons. The lowest BCUT2D eigenvalue weighted by atomic mass is 10.1. The summed E-state index contributed by atoms with van der Waals surface area (Å²) in [7, 11) is 0. The van der Waals surface area contributed by atoms with E-state index >= 15 is 0 Å². The number of benzene rings is 2. The standard InChI is InChI=1S/C17H16BrNO3/c1-3-22-17(21)12-8-6-10-15(11(12)2)19-16(20)13-7-4-5-9-14(13)18/h4-10H,3H2,1-2H3,(H,19,20). The maximum atomic E-state index is 12.3. The van der Waals surface area contributed by atoms with E-state index in [0.29, 0.717) is 33.5 Å². The second kappa shape index (κ2) is 7.22. The normalized spacial score (nSPS) is 10.1. The molecular formula is C17H16BrNO3. The number of esters is 1. The van der Waals surface area contributed by atoms with E-state index in [1.54, 1.807) is 50.2 Å². The van der Waals surface area contributed by atoms with E-state index in [2.05, 4.69) is 21.2 Å². The van der Waals surface area contributed by atoms with Gasteiger partial charge in [-0.15, -0.1) is 0 Å². The van der Waals surface area contributed by atoms with E-state index in [1.165, 1.54) is 0 Å². The van der Waals surface area contributed by atoms with E-state index in [9.17, 15) is 9.59 Å². The second-order valence-electron chi connectivity index (χ2n) is 4.63. The van der Waals surface area contributed by atoms with Gasteiger partial charge in [0.2, 0.25) is 0 Å². The zero-order valence-electron chi connectivity index (χ0n) is 12.4. The van der Waals surface area contributed by atoms with Crippen LogP contribution in [-0.4, -0.2) is 18.5 Å². The Morgan fingerprint density at radius 2 is 1.77 bits per heavy atom. The molecule has 2 aromatic rings. The third kappa shape index (κ3) is 3.54. The minimum Gasteiger partial charge on any atom is -0.462 e. The maximum absolute atomic E-state index is 12.3. The molecule has 4 nitrogen and oxygen atoms in total. The van der Waals surface area contributed by atoms with Crippen molar-refractivity contribution in [1.82, 2.24) is 0 Å². The number of ether oxygens (including phenoxy) is 1. The van der Waals surface area contributed by atoms with Crippen molar-refractivity contribution in [2.45, 2.75) is 13.8 Å². The lowest BCUT2D eigenvalue weighted by molar-refractivity contribution is 0.0525. The summed E-state index contributed by atoms with van der Waals surface area (Å²) >= 11 is 3.35. The number of rotatable bonds is 4. The van der Waals surface area contributed by atoms with E-state index in [-0.39, 0.29) is 5.91 Å². The lowest BCUT2D eigenvalue weighted by Gasteiger charge is -2.12. The van der Waals surface area contributed by atoms with Gasteiger partial charge in [0.05, 0.1) is 17.7 Å². The molecule has 0 saturated carbocycles. The van der Waals surface area contributed by atoms with Crippen molar-refractivity contribution in [3.63, 3.8) is 0 Å². The van der Waals surface area contributed by atoms with Gasteiger partial charge < -0.3 is 10.1 Å². The van der Waals surface area contributed by atoms with Gasteiger partial charge in [-0.05, 0) is 59.6 Å². The van der Waals surface area contributed by atoms with Gasteiger partial charge in [0, 0.05) is 10.2 Å². The number of amides is 1. The van der Waals surface area contributed by atoms with Crippen LogP contribution in [0.15, 0.2) is 46.9 Å². The molecule has 0 atom stereocenters. The van der Waals surface area contributed by atoms with Gasteiger partial charge in [-0.25, -0.2) is 4.79 Å². The van der Waals surface area contributed by atoms with Crippen molar-refractivity contribution < 1.29 is 14.3 Å². The largest absolute Gasteiger partial charge is 0.462 e. The van der Waals surface area contributed by atoms with Crippen LogP contribution in [0.3, 0.4) is 0 Å². The minimum absolute atomic E-state index is 0.239. The third-order valence-corrected chi connectivity index (χ3v) is 3.89. The highest BCUT2D eigenvalue weighted by molar-refractivity contribution is 9.10. The summed E-state index contributed by atoms with van der Waals surface area (Å²) < 4.78 is 5.73. The predicted octanol–water partition coefficient (Wildman–Crippen LogP) is 4.19. The molecule has 0 aromatic heterocycles. The molecule has 5 heteroatoms. The van der Waals surface area contributed by atoms with Crippen molar-refractivity contribution in [3.8, 4) is 0 Å². The quantitative estimate of drug-likeness (QED) is 0.830. The van der Waals surface area contributed by atoms with Gasteiger partial charge in [-0.3, -0.25) is 4.79 Å². The van der Waals surface area contributed by atoms with Crippen LogP contribution in [-0.2, 0) is 4.74 Å². The average Bonchev–Trinajstić information content (AvgIpc) is 2.50. The molecule has 0 radical (unpaired) electrons. The van der Waals surface area contributed by atoms with Crippen LogP contribution in [0.5, 0.6) is 0 Å². The Bertz CT molecular complexity index is 713. The van der Waals surface area contributed by atoms with Gasteiger partial charge in [-0.2, -0.15) is 0 Å². The summed E-state index contributed by atoms with van der Waals surface area (Å²) in [6.07, 6.45) is 0. The van der Waals surface area contributed by atoms with Crippen LogP contribution in [0.25, 0.3) is 0 Å². The molecule has 0 unspecified atom stereocenters. The third-order valence-electron chi connectivity index (χ3n) is 3.20. The Balaban J connectivity index is 2.27. The molecule has 0 saturated heterocycles. The molecule has 0 aliphatic rings. The zero-order valence-corrected chi connectivity index (χ0v) is 13.9. The number of carbonyl (C=O) groups excluding carboxylic acids is 2. The first-order chi connectivity index (χ1) is 10.5. The van der Waals surface area contributed by atoms with Gasteiger partial charge in [0.25, 0.3) is 5.91 Å². The lowest BCUT2D eigenvalue weighted by Crippen LogP contribution is -2.15. The smallest absolute Gasteiger partial charge is 0.338 e. The van der Waals surface area contributed by atoms with Crippen molar-refractivity contribution in [3.05, 3.63) is 63.6 Å². The first-order valence-electron chi connectivity index (χ1n) is 6.87. The minimum atomic E-state index is -0.392. The summed E-state index contributed by atoms with van der Waals surface area (Å²) in [5, 5.41) is 2.83. The highest BCUT2D eigenvalue weighted by Crippen LogP contribution is 2.22. The predicted molar refractivity (Wildman–Crippen MR) is 89.2 cm³/mol. The molecule has 1 N–H and O–H groups in total. The first-order valence-corrected chi connectivity index (χ1v) is 7.66. The molecule has 2 rings (SSSR count). The monoisotopic (exact) mass is 361 g/mol. The molecule has 0 bridgehead atoms. The van der Waals surface area contributed by atoms with Crippen molar-refractivity contribution in [1.29, 1.82) is 0 Å². The molecule has 22 heavy (non-hydrogen) atoms. The van der Waals surface area contributed by atoms with Gasteiger partial charge in [0.15, 0.2) is 0 Å². The SMILES string of the molecule is CCOC(=O)c1cccc(NC(=O)c2ccccc2Br)c1C. The number of hydrogen-bond donors (Lipinski definition) is 1. The topological polar surface area (TPSA) is 55.4 Å². The van der Waals surface area contributed by atoms with Crippen LogP contribution < -0.4 is 5.32 Å². The fourth-order valence-electron chi connectivity index (χ4n) is 2.04. The summed E-state index contributed by atoms with van der Waals surface area (Å²) in [5.74, 6) is -0.631. The second-order valence-corrected chi connectivity index (χ2v) is 5.49. The Labute approximate surface area is 137 Å². The number of carbonyl (C=O) groups is 2. The first kappa shape index (κ1) is 16.2. The van der Waals surface area contributed by atoms with Crippen LogP contribution in [0.1, 0.15) is 33.2 Å². The Morgan fingerprint density at radius 3 is 2.45 bits per heavy atom. The van der Waals surface area contributed by atoms with Crippen LogP contribution >= 0.6 is 15.9 Å². The molecule has 0 heterocycles. The molecular weight excluding hydrogens is 346 g/mol. The van der Waals surface area contributed by atoms with Crippen molar-refractivity contribution >= 4 is 33.5 Å². The maximum Gasteiger partial charge on any atom is 0.338 e. The summed E-state index contributed by atoms with van der Waals surface area (Å²) in [4.78, 5) is 24.2. The van der Waals surface area contributed by atoms with Crippen molar-refractivity contribution in [2.24, 2.45) is 0 Å². The molecule has 0 aliphatic heterocycles. The molecule has 0 fully saturated rings. The Morgan fingerprint density at radius 1 is 1.09 bits per heavy atom. The van der Waals surface area contributed by atoms with E-state index < -0.39 is 5.97 Å². The highest BCUT2D eigenvalue weighted by atomic mass is 79.9. The highest BCUT2D eigenvalue weighted by Gasteiger charge is 2.15. The van der Waals surface area contributed by atoms with E-state index in [4.69, 9.17) is 4.74 Å². The summed E-state index contributed by atoms with van der Waals surface area (Å²) in [5.41, 5.74) is 2.25. The van der Waals surface area contributed by atoms with Gasteiger partial charge >= 0.3 is 5.97 Å². The summed E-state index contributed by atoms with van der Waals surface area (Å²) in [6.45, 7) is 3.85. The van der Waals surface area contributed by atoms with Gasteiger partial charge in [-0.1, -0.05) is 18.2 Å². The molecule has 0 spiro atoms. The van der Waals surface area contributed by atoms with Gasteiger partial charge in [0.1, 0.15) is 0 Å². The number of nitrogens with one attached hydrogen (secondary N) is 1. The fraction of sp³-hybridized carbons (Fsp3) is 0.176. The average molecular weight is 362 g/mol. The van der Waals surface area contributed by atoms with E-state index in [1.807, 2.05) is 6.07 Å². The van der Waals surface area contributed by atoms with Crippen LogP contribution in [0, 0.1) is 6.92 Å². The summed E-state index contributed by atoms with van der Waals surface area (Å²) in [6, 6.07) is 12.3. The number of halogens is 1. The van der Waals surface area contributed by atoms with Crippen LogP contribution in [0.4, 0.5) is 5.69 Å². The molecule has 2 aromatic carbocycles. The molecule has 0 aliphatic carbocycles. The van der Waals surface area contributed by atoms with Crippen LogP contribution in [0.2, 0.25) is 0 Å². The zero-order chi connectivity index (χ0) is 16.1. The van der Waals surface area contributed by atoms with Crippen molar-refractivity contribution in [2.75, 3.05) is 11.9 Å². The number of anilines is 1. The molecule has 1 amide bonds.